The molecule has 12 heteroatoms. The molecule has 4 N–H and O–H groups in total. The van der Waals surface area contributed by atoms with E-state index in [2.05, 4.69) is 15.5 Å². The monoisotopic (exact) mass is 597 g/mol. The lowest BCUT2D eigenvalue weighted by Gasteiger charge is -2.36. The first-order valence-electron chi connectivity index (χ1n) is 14.2. The molecule has 0 bridgehead atoms. The number of rotatable bonds is 15. The third kappa shape index (κ3) is 9.63. The van der Waals surface area contributed by atoms with Crippen LogP contribution in [0.5, 0.6) is 0 Å². The fraction of sp³-hybridized carbons (Fsp3) is 0.467. The average Bonchev–Trinajstić information content (AvgIpc) is 3.44. The number of benzene rings is 2. The van der Waals surface area contributed by atoms with Crippen LogP contribution in [0, 0.1) is 0 Å². The first kappa shape index (κ1) is 31.6. The van der Waals surface area contributed by atoms with Crippen molar-refractivity contribution >= 4 is 23.6 Å². The highest BCUT2D eigenvalue weighted by Crippen LogP contribution is 2.39. The number of aryl methyl sites for hydroxylation is 1. The molecule has 1 saturated heterocycles. The van der Waals surface area contributed by atoms with E-state index in [1.165, 1.54) is 0 Å². The molecule has 2 aromatic carbocycles. The number of amides is 2. The number of aliphatic hydroxyl groups is 1. The highest BCUT2D eigenvalue weighted by atomic mass is 32.2. The second-order valence-electron chi connectivity index (χ2n) is 10.4. The maximum atomic E-state index is 12.3. The molecule has 1 fully saturated rings. The molecule has 4 rings (SSSR count). The number of nitrogens with one attached hydrogen (secondary N) is 2. The Balaban J connectivity index is 1.30. The first-order chi connectivity index (χ1) is 20.4. The van der Waals surface area contributed by atoms with Gasteiger partial charge < -0.3 is 24.5 Å². The second-order valence-corrected chi connectivity index (χ2v) is 11.3. The zero-order valence-corrected chi connectivity index (χ0v) is 24.6. The predicted octanol–water partition coefficient (Wildman–Crippen LogP) is 4.11. The molecular formula is C30H39N5O6S. The van der Waals surface area contributed by atoms with Crippen LogP contribution >= 0.6 is 11.8 Å². The van der Waals surface area contributed by atoms with Crippen molar-refractivity contribution in [1.82, 2.24) is 25.6 Å². The number of hydrogen-bond donors (Lipinski definition) is 4. The number of hydrogen-bond acceptors (Lipinski definition) is 9. The highest BCUT2D eigenvalue weighted by molar-refractivity contribution is 7.99. The number of carbonyl (C=O) groups is 2. The fourth-order valence-electron chi connectivity index (χ4n) is 4.66. The molecule has 0 radical (unpaired) electrons. The van der Waals surface area contributed by atoms with Crippen molar-refractivity contribution in [3.63, 3.8) is 0 Å². The zero-order chi connectivity index (χ0) is 29.7. The molecule has 0 spiro atoms. The molecule has 1 aliphatic rings. The Morgan fingerprint density at radius 3 is 2.26 bits per heavy atom. The van der Waals surface area contributed by atoms with Gasteiger partial charge >= 0.3 is 0 Å². The molecular weight excluding hydrogens is 558 g/mol. The van der Waals surface area contributed by atoms with Crippen molar-refractivity contribution in [3.05, 3.63) is 77.1 Å². The smallest absolute Gasteiger partial charge is 0.243 e. The van der Waals surface area contributed by atoms with Gasteiger partial charge in [-0.05, 0) is 29.5 Å². The summed E-state index contributed by atoms with van der Waals surface area (Å²) in [5, 5.41) is 29.8. The van der Waals surface area contributed by atoms with Crippen LogP contribution in [-0.2, 0) is 39.3 Å². The number of unbranched alkanes of at least 4 members (excludes halogenated alkanes) is 3. The zero-order valence-electron chi connectivity index (χ0n) is 23.8. The van der Waals surface area contributed by atoms with Crippen molar-refractivity contribution in [1.29, 1.82) is 0 Å². The van der Waals surface area contributed by atoms with Gasteiger partial charge in [0, 0.05) is 44.2 Å². The molecule has 3 unspecified atom stereocenters. The van der Waals surface area contributed by atoms with E-state index >= 15 is 0 Å². The summed E-state index contributed by atoms with van der Waals surface area (Å²) in [4.78, 5) is 23.3. The minimum atomic E-state index is -0.557. The van der Waals surface area contributed by atoms with Crippen LogP contribution in [0.25, 0.3) is 0 Å². The van der Waals surface area contributed by atoms with E-state index in [1.807, 2.05) is 60.1 Å². The number of hydroxylamine groups is 1. The third-order valence-corrected chi connectivity index (χ3v) is 8.27. The van der Waals surface area contributed by atoms with Gasteiger partial charge in [-0.2, -0.15) is 0 Å². The lowest BCUT2D eigenvalue weighted by Crippen LogP contribution is -2.31. The molecule has 1 aliphatic heterocycles. The van der Waals surface area contributed by atoms with Crippen molar-refractivity contribution in [2.45, 2.75) is 81.8 Å². The van der Waals surface area contributed by atoms with Gasteiger partial charge in [-0.3, -0.25) is 14.8 Å². The van der Waals surface area contributed by atoms with Crippen molar-refractivity contribution in [2.24, 2.45) is 7.05 Å². The van der Waals surface area contributed by atoms with E-state index in [9.17, 15) is 14.7 Å². The summed E-state index contributed by atoms with van der Waals surface area (Å²) in [7, 11) is 1.91. The van der Waals surface area contributed by atoms with Crippen molar-refractivity contribution < 1.29 is 29.4 Å². The Hall–Kier alpha value is -3.29. The van der Waals surface area contributed by atoms with Gasteiger partial charge in [0.25, 0.3) is 0 Å². The summed E-state index contributed by atoms with van der Waals surface area (Å²) in [6, 6.07) is 15.7. The van der Waals surface area contributed by atoms with Crippen LogP contribution in [0.15, 0.2) is 60.0 Å². The molecule has 1 aromatic heterocycles. The third-order valence-electron chi connectivity index (χ3n) is 7.11. The molecule has 42 heavy (non-hydrogen) atoms. The molecule has 226 valence electrons. The van der Waals surface area contributed by atoms with Gasteiger partial charge in [0.15, 0.2) is 11.4 Å². The van der Waals surface area contributed by atoms with E-state index in [4.69, 9.17) is 14.7 Å². The van der Waals surface area contributed by atoms with Crippen molar-refractivity contribution in [3.8, 4) is 0 Å². The van der Waals surface area contributed by atoms with Crippen LogP contribution in [-0.4, -0.2) is 48.7 Å². The van der Waals surface area contributed by atoms with Gasteiger partial charge in [-0.1, -0.05) is 73.1 Å². The van der Waals surface area contributed by atoms with Gasteiger partial charge in [0.05, 0.1) is 18.8 Å². The van der Waals surface area contributed by atoms with E-state index in [-0.39, 0.29) is 37.0 Å². The van der Waals surface area contributed by atoms with E-state index < -0.39 is 6.29 Å². The number of thioether (sulfide) groups is 1. The molecule has 2 amide bonds. The highest BCUT2D eigenvalue weighted by Gasteiger charge is 2.32. The largest absolute Gasteiger partial charge is 0.392 e. The number of carbonyl (C=O) groups excluding carboxylic acids is 2. The molecule has 3 aromatic rings. The Morgan fingerprint density at radius 2 is 1.62 bits per heavy atom. The van der Waals surface area contributed by atoms with Crippen LogP contribution < -0.4 is 10.8 Å². The molecule has 3 atom stereocenters. The minimum absolute atomic E-state index is 0.00526. The quantitative estimate of drug-likeness (QED) is 0.0879. The van der Waals surface area contributed by atoms with Crippen LogP contribution in [0.3, 0.4) is 0 Å². The van der Waals surface area contributed by atoms with Crippen LogP contribution in [0.2, 0.25) is 0 Å². The Kier molecular flexibility index (Phi) is 12.3. The van der Waals surface area contributed by atoms with E-state index in [0.29, 0.717) is 31.6 Å². The second kappa shape index (κ2) is 16.4. The summed E-state index contributed by atoms with van der Waals surface area (Å²) in [5.41, 5.74) is 5.38. The van der Waals surface area contributed by atoms with Crippen LogP contribution in [0.1, 0.15) is 79.6 Å². The normalized spacial score (nSPS) is 18.5. The summed E-state index contributed by atoms with van der Waals surface area (Å²) in [6.45, 7) is 0.424. The number of ether oxygens (including phenoxy) is 2. The summed E-state index contributed by atoms with van der Waals surface area (Å²) in [6.07, 6.45) is 5.39. The summed E-state index contributed by atoms with van der Waals surface area (Å²) in [5.74, 6) is 0.301. The van der Waals surface area contributed by atoms with Gasteiger partial charge in [-0.15, -0.1) is 10.2 Å². The number of aromatic nitrogens is 3. The standard InChI is InChI=1S/C30H39N5O6S/c1-35-20-32-33-30(35)42-19-25-16-26(23-12-10-22(18-36)11-13-23)41-29(40-25)24-14-8-21(9-15-24)17-31-27(37)6-4-2-3-5-7-28(38)34-39/h8-15,20,25-26,29,36,39H,2-7,16-19H2,1H3,(H,31,37)(H,34,38). The van der Waals surface area contributed by atoms with Gasteiger partial charge in [-0.25, -0.2) is 5.48 Å². The van der Waals surface area contributed by atoms with Crippen molar-refractivity contribution in [2.75, 3.05) is 5.75 Å². The van der Waals surface area contributed by atoms with E-state index in [1.54, 1.807) is 23.6 Å². The molecule has 0 aliphatic carbocycles. The lowest BCUT2D eigenvalue weighted by atomic mass is 10.0. The molecule has 11 nitrogen and oxygen atoms in total. The Morgan fingerprint density at radius 1 is 0.952 bits per heavy atom. The maximum absolute atomic E-state index is 12.3. The van der Waals surface area contributed by atoms with Gasteiger partial charge in [0.1, 0.15) is 6.33 Å². The summed E-state index contributed by atoms with van der Waals surface area (Å²) < 4.78 is 14.7. The van der Waals surface area contributed by atoms with Crippen LogP contribution in [0.4, 0.5) is 0 Å². The molecule has 2 heterocycles. The number of aliphatic hydroxyl groups excluding tert-OH is 1. The minimum Gasteiger partial charge on any atom is -0.392 e. The fourth-order valence-corrected chi connectivity index (χ4v) is 5.56. The Labute approximate surface area is 250 Å². The van der Waals surface area contributed by atoms with Gasteiger partial charge in [0.2, 0.25) is 11.8 Å². The molecule has 0 saturated carbocycles. The first-order valence-corrected chi connectivity index (χ1v) is 15.2. The SMILES string of the molecule is Cn1cnnc1SCC1CC(c2ccc(CO)cc2)OC(c2ccc(CNC(=O)CCCCCCC(=O)NO)cc2)O1. The van der Waals surface area contributed by atoms with E-state index in [0.717, 1.165) is 46.7 Å². The Bertz CT molecular complexity index is 1270. The summed E-state index contributed by atoms with van der Waals surface area (Å²) >= 11 is 1.59. The lowest BCUT2D eigenvalue weighted by molar-refractivity contribution is -0.245. The average molecular weight is 598 g/mol. The topological polar surface area (TPSA) is 148 Å². The predicted molar refractivity (Wildman–Crippen MR) is 156 cm³/mol. The number of nitrogens with zero attached hydrogens (tertiary/aromatic N) is 3. The maximum Gasteiger partial charge on any atom is 0.243 e.